The Balaban J connectivity index is 1.89. The molecule has 0 aromatic heterocycles. The first-order valence-electron chi connectivity index (χ1n) is 7.58. The van der Waals surface area contributed by atoms with Crippen molar-refractivity contribution in [3.8, 4) is 0 Å². The Hall–Kier alpha value is -2.29. The lowest BCUT2D eigenvalue weighted by molar-refractivity contribution is 0.108. The zero-order chi connectivity index (χ0) is 17.7. The maximum absolute atomic E-state index is 12.2. The summed E-state index contributed by atoms with van der Waals surface area (Å²) in [6, 6.07) is 5.60. The van der Waals surface area contributed by atoms with E-state index in [4.69, 9.17) is 10.5 Å². The van der Waals surface area contributed by atoms with Crippen molar-refractivity contribution in [1.82, 2.24) is 9.62 Å². The van der Waals surface area contributed by atoms with Crippen LogP contribution in [0.25, 0.3) is 0 Å². The van der Waals surface area contributed by atoms with Crippen LogP contribution in [0, 0.1) is 12.8 Å². The standard InChI is InChI=1S/C15H21N3O5S/c1-11-2-4-13(5-3-11)24(21,22)17-15(20)18-8-6-12(7-9-18)10-23-14(16)19/h2-5,12H,6-10H2,1H3,(H2,16,19)(H,17,20). The number of nitrogens with zero attached hydrogens (tertiary/aromatic N) is 1. The number of amides is 3. The fraction of sp³-hybridized carbons (Fsp3) is 0.467. The minimum absolute atomic E-state index is 0.0474. The van der Waals surface area contributed by atoms with Crippen molar-refractivity contribution in [2.75, 3.05) is 19.7 Å². The molecule has 0 aliphatic carbocycles. The smallest absolute Gasteiger partial charge is 0.404 e. The van der Waals surface area contributed by atoms with Crippen LogP contribution < -0.4 is 10.5 Å². The summed E-state index contributed by atoms with van der Waals surface area (Å²) in [4.78, 5) is 24.2. The molecule has 3 amide bonds. The summed E-state index contributed by atoms with van der Waals surface area (Å²) in [5, 5.41) is 0. The molecular formula is C15H21N3O5S. The molecule has 132 valence electrons. The Kier molecular flexibility index (Phi) is 5.66. The molecule has 8 nitrogen and oxygen atoms in total. The predicted molar refractivity (Wildman–Crippen MR) is 86.7 cm³/mol. The maximum atomic E-state index is 12.2. The van der Waals surface area contributed by atoms with Crippen LogP contribution in [-0.2, 0) is 14.8 Å². The van der Waals surface area contributed by atoms with Gasteiger partial charge in [-0.3, -0.25) is 0 Å². The van der Waals surface area contributed by atoms with Gasteiger partial charge in [-0.05, 0) is 37.8 Å². The largest absolute Gasteiger partial charge is 0.449 e. The third-order valence-corrected chi connectivity index (χ3v) is 5.25. The van der Waals surface area contributed by atoms with Crippen LogP contribution in [0.5, 0.6) is 0 Å². The third kappa shape index (κ3) is 4.85. The Morgan fingerprint density at radius 3 is 2.38 bits per heavy atom. The van der Waals surface area contributed by atoms with Crippen LogP contribution in [0.1, 0.15) is 18.4 Å². The number of rotatable bonds is 4. The van der Waals surface area contributed by atoms with Gasteiger partial charge in [0.05, 0.1) is 11.5 Å². The van der Waals surface area contributed by atoms with Gasteiger partial charge in [0, 0.05) is 13.1 Å². The lowest BCUT2D eigenvalue weighted by Gasteiger charge is -2.31. The van der Waals surface area contributed by atoms with Gasteiger partial charge in [0.15, 0.2) is 0 Å². The molecule has 0 spiro atoms. The summed E-state index contributed by atoms with van der Waals surface area (Å²) in [5.74, 6) is 0.121. The van der Waals surface area contributed by atoms with Crippen molar-refractivity contribution in [2.45, 2.75) is 24.7 Å². The van der Waals surface area contributed by atoms with E-state index in [0.29, 0.717) is 25.9 Å². The number of nitrogens with one attached hydrogen (secondary N) is 1. The molecule has 1 aliphatic heterocycles. The molecule has 1 aromatic carbocycles. The number of primary amides is 1. The lowest BCUT2D eigenvalue weighted by atomic mass is 9.98. The number of carbonyl (C=O) groups is 2. The minimum atomic E-state index is -3.89. The molecule has 1 aliphatic rings. The van der Waals surface area contributed by atoms with Crippen molar-refractivity contribution >= 4 is 22.1 Å². The molecule has 0 unspecified atom stereocenters. The van der Waals surface area contributed by atoms with Crippen LogP contribution in [0.3, 0.4) is 0 Å². The van der Waals surface area contributed by atoms with Gasteiger partial charge in [0.1, 0.15) is 0 Å². The molecule has 1 saturated heterocycles. The molecule has 0 bridgehead atoms. The van der Waals surface area contributed by atoms with Crippen molar-refractivity contribution in [1.29, 1.82) is 0 Å². The molecule has 0 saturated carbocycles. The van der Waals surface area contributed by atoms with Crippen LogP contribution in [0.4, 0.5) is 9.59 Å². The minimum Gasteiger partial charge on any atom is -0.449 e. The number of ether oxygens (including phenoxy) is 1. The van der Waals surface area contributed by atoms with Crippen molar-refractivity contribution in [3.63, 3.8) is 0 Å². The van der Waals surface area contributed by atoms with E-state index in [0.717, 1.165) is 5.56 Å². The second kappa shape index (κ2) is 7.52. The maximum Gasteiger partial charge on any atom is 0.404 e. The van der Waals surface area contributed by atoms with Crippen LogP contribution in [-0.4, -0.2) is 45.1 Å². The first kappa shape index (κ1) is 18.1. The number of piperidine rings is 1. The van der Waals surface area contributed by atoms with Crippen molar-refractivity contribution in [2.24, 2.45) is 11.7 Å². The molecule has 24 heavy (non-hydrogen) atoms. The van der Waals surface area contributed by atoms with Gasteiger partial charge in [0.25, 0.3) is 10.0 Å². The zero-order valence-electron chi connectivity index (χ0n) is 13.4. The highest BCUT2D eigenvalue weighted by molar-refractivity contribution is 7.90. The number of benzene rings is 1. The second-order valence-corrected chi connectivity index (χ2v) is 7.47. The molecule has 1 heterocycles. The van der Waals surface area contributed by atoms with Crippen molar-refractivity contribution in [3.05, 3.63) is 29.8 Å². The van der Waals surface area contributed by atoms with E-state index in [2.05, 4.69) is 4.72 Å². The average Bonchev–Trinajstić information content (AvgIpc) is 2.53. The van der Waals surface area contributed by atoms with E-state index in [1.807, 2.05) is 6.92 Å². The fourth-order valence-electron chi connectivity index (χ4n) is 2.46. The molecule has 1 fully saturated rings. The first-order chi connectivity index (χ1) is 11.3. The number of carbonyl (C=O) groups excluding carboxylic acids is 2. The first-order valence-corrected chi connectivity index (χ1v) is 9.07. The van der Waals surface area contributed by atoms with E-state index < -0.39 is 22.1 Å². The van der Waals surface area contributed by atoms with Gasteiger partial charge in [-0.2, -0.15) is 0 Å². The topological polar surface area (TPSA) is 119 Å². The highest BCUT2D eigenvalue weighted by atomic mass is 32.2. The van der Waals surface area contributed by atoms with Gasteiger partial charge in [-0.25, -0.2) is 22.7 Å². The van der Waals surface area contributed by atoms with Gasteiger partial charge in [-0.1, -0.05) is 17.7 Å². The predicted octanol–water partition coefficient (Wildman–Crippen LogP) is 1.20. The monoisotopic (exact) mass is 355 g/mol. The van der Waals surface area contributed by atoms with E-state index in [1.165, 1.54) is 17.0 Å². The van der Waals surface area contributed by atoms with Crippen LogP contribution in [0.2, 0.25) is 0 Å². The summed E-state index contributed by atoms with van der Waals surface area (Å²) in [6.07, 6.45) is 0.413. The van der Waals surface area contributed by atoms with Gasteiger partial charge in [-0.15, -0.1) is 0 Å². The number of sulfonamides is 1. The summed E-state index contributed by atoms with van der Waals surface area (Å²) >= 11 is 0. The van der Waals surface area contributed by atoms with E-state index in [-0.39, 0.29) is 17.4 Å². The fourth-order valence-corrected chi connectivity index (χ4v) is 3.43. The molecular weight excluding hydrogens is 334 g/mol. The van der Waals surface area contributed by atoms with Gasteiger partial charge >= 0.3 is 12.1 Å². The summed E-state index contributed by atoms with van der Waals surface area (Å²) in [6.45, 7) is 2.84. The van der Waals surface area contributed by atoms with E-state index >= 15 is 0 Å². The molecule has 9 heteroatoms. The molecule has 2 rings (SSSR count). The summed E-state index contributed by atoms with van der Waals surface area (Å²) in [5.41, 5.74) is 5.85. The van der Waals surface area contributed by atoms with Crippen LogP contribution >= 0.6 is 0 Å². The molecule has 1 aromatic rings. The second-order valence-electron chi connectivity index (χ2n) is 5.78. The SMILES string of the molecule is Cc1ccc(S(=O)(=O)NC(=O)N2CCC(COC(N)=O)CC2)cc1. The molecule has 0 atom stereocenters. The van der Waals surface area contributed by atoms with Crippen LogP contribution in [0.15, 0.2) is 29.2 Å². The Labute approximate surface area is 141 Å². The zero-order valence-corrected chi connectivity index (χ0v) is 14.2. The number of hydrogen-bond donors (Lipinski definition) is 2. The molecule has 3 N–H and O–H groups in total. The molecule has 0 radical (unpaired) electrons. The number of likely N-dealkylation sites (tertiary alicyclic amines) is 1. The summed E-state index contributed by atoms with van der Waals surface area (Å²) in [7, 11) is -3.89. The number of urea groups is 1. The number of nitrogens with two attached hydrogens (primary N) is 1. The Morgan fingerprint density at radius 1 is 1.25 bits per heavy atom. The highest BCUT2D eigenvalue weighted by Crippen LogP contribution is 2.18. The normalized spacial score (nSPS) is 15.8. The highest BCUT2D eigenvalue weighted by Gasteiger charge is 2.26. The number of aryl methyl sites for hydroxylation is 1. The van der Waals surface area contributed by atoms with Crippen molar-refractivity contribution < 1.29 is 22.7 Å². The third-order valence-electron chi connectivity index (χ3n) is 3.92. The lowest BCUT2D eigenvalue weighted by Crippen LogP contribution is -2.46. The average molecular weight is 355 g/mol. The Morgan fingerprint density at radius 2 is 1.83 bits per heavy atom. The number of hydrogen-bond acceptors (Lipinski definition) is 5. The van der Waals surface area contributed by atoms with E-state index in [1.54, 1.807) is 12.1 Å². The summed E-state index contributed by atoms with van der Waals surface area (Å²) < 4.78 is 31.2. The van der Waals surface area contributed by atoms with E-state index in [9.17, 15) is 18.0 Å². The van der Waals surface area contributed by atoms with Gasteiger partial charge in [0.2, 0.25) is 0 Å². The van der Waals surface area contributed by atoms with Gasteiger partial charge < -0.3 is 15.4 Å². The Bertz CT molecular complexity index is 694. The quantitative estimate of drug-likeness (QED) is 0.841.